The molecule has 0 amide bonds. The van der Waals surface area contributed by atoms with Crippen LogP contribution in [-0.2, 0) is 4.74 Å². The Kier molecular flexibility index (Phi) is 4.25. The Labute approximate surface area is 110 Å². The van der Waals surface area contributed by atoms with Crippen LogP contribution in [0.25, 0.3) is 0 Å². The lowest BCUT2D eigenvalue weighted by Crippen LogP contribution is -2.46. The van der Waals surface area contributed by atoms with Crippen molar-refractivity contribution in [3.8, 4) is 0 Å². The van der Waals surface area contributed by atoms with Crippen molar-refractivity contribution in [1.29, 1.82) is 0 Å². The molecular weight excluding hydrogens is 224 g/mol. The van der Waals surface area contributed by atoms with Gasteiger partial charge >= 0.3 is 0 Å². The van der Waals surface area contributed by atoms with Crippen molar-refractivity contribution in [2.45, 2.75) is 19.8 Å². The van der Waals surface area contributed by atoms with Crippen LogP contribution in [-0.4, -0.2) is 33.4 Å². The van der Waals surface area contributed by atoms with Gasteiger partial charge < -0.3 is 15.4 Å². The number of benzene rings is 1. The summed E-state index contributed by atoms with van der Waals surface area (Å²) >= 11 is 0. The molecule has 3 heteroatoms. The van der Waals surface area contributed by atoms with Crippen molar-refractivity contribution < 1.29 is 4.74 Å². The average Bonchev–Trinajstić information content (AvgIpc) is 2.40. The molecule has 1 fully saturated rings. The minimum absolute atomic E-state index is 0.122. The van der Waals surface area contributed by atoms with Gasteiger partial charge in [0.2, 0.25) is 0 Å². The van der Waals surface area contributed by atoms with Crippen LogP contribution < -0.4 is 10.6 Å². The molecule has 1 aliphatic heterocycles. The normalized spacial score (nSPS) is 23.9. The summed E-state index contributed by atoms with van der Waals surface area (Å²) in [6.07, 6.45) is 2.29. The van der Waals surface area contributed by atoms with Crippen LogP contribution in [0.4, 0.5) is 5.69 Å². The molecule has 0 aromatic heterocycles. The highest BCUT2D eigenvalue weighted by Crippen LogP contribution is 2.30. The van der Waals surface area contributed by atoms with Crippen LogP contribution in [0.5, 0.6) is 0 Å². The second-order valence-electron chi connectivity index (χ2n) is 5.56. The van der Waals surface area contributed by atoms with Crippen LogP contribution in [0.3, 0.4) is 0 Å². The number of nitrogens with zero attached hydrogens (tertiary/aromatic N) is 1. The molecule has 1 heterocycles. The van der Waals surface area contributed by atoms with Gasteiger partial charge in [0.05, 0.1) is 6.61 Å². The summed E-state index contributed by atoms with van der Waals surface area (Å²) in [6, 6.07) is 8.60. The van der Waals surface area contributed by atoms with E-state index in [1.807, 2.05) is 0 Å². The van der Waals surface area contributed by atoms with E-state index < -0.39 is 0 Å². The van der Waals surface area contributed by atoms with E-state index in [-0.39, 0.29) is 5.41 Å². The van der Waals surface area contributed by atoms with E-state index in [2.05, 4.69) is 43.1 Å². The van der Waals surface area contributed by atoms with Gasteiger partial charge in [-0.1, -0.05) is 12.1 Å². The molecular formula is C15H24N2O. The van der Waals surface area contributed by atoms with Crippen LogP contribution in [0.15, 0.2) is 24.3 Å². The predicted molar refractivity (Wildman–Crippen MR) is 76.0 cm³/mol. The van der Waals surface area contributed by atoms with Crippen molar-refractivity contribution in [3.05, 3.63) is 29.8 Å². The molecule has 1 aromatic rings. The first-order valence-corrected chi connectivity index (χ1v) is 6.71. The fraction of sp³-hybridized carbons (Fsp3) is 0.600. The van der Waals surface area contributed by atoms with E-state index in [0.29, 0.717) is 6.54 Å². The van der Waals surface area contributed by atoms with Gasteiger partial charge in [0.15, 0.2) is 0 Å². The minimum atomic E-state index is 0.122. The van der Waals surface area contributed by atoms with Crippen molar-refractivity contribution in [2.75, 3.05) is 38.3 Å². The first-order valence-electron chi connectivity index (χ1n) is 6.71. The average molecular weight is 248 g/mol. The third kappa shape index (κ3) is 3.03. The molecule has 0 radical (unpaired) electrons. The van der Waals surface area contributed by atoms with E-state index in [0.717, 1.165) is 26.2 Å². The van der Waals surface area contributed by atoms with Gasteiger partial charge in [-0.15, -0.1) is 0 Å². The summed E-state index contributed by atoms with van der Waals surface area (Å²) in [4.78, 5) is 2.30. The number of nitrogens with two attached hydrogens (primary N) is 1. The predicted octanol–water partition coefficient (Wildman–Crippen LogP) is 2.19. The van der Waals surface area contributed by atoms with Gasteiger partial charge in [-0.3, -0.25) is 0 Å². The highest BCUT2D eigenvalue weighted by Gasteiger charge is 2.32. The molecule has 0 bridgehead atoms. The molecule has 100 valence electrons. The third-order valence-corrected chi connectivity index (χ3v) is 3.85. The first-order chi connectivity index (χ1) is 8.65. The van der Waals surface area contributed by atoms with E-state index in [1.54, 1.807) is 0 Å². The summed E-state index contributed by atoms with van der Waals surface area (Å²) in [5, 5.41) is 0. The molecule has 1 aromatic carbocycles. The molecule has 3 nitrogen and oxygen atoms in total. The minimum Gasteiger partial charge on any atom is -0.381 e. The van der Waals surface area contributed by atoms with Crippen molar-refractivity contribution >= 4 is 5.69 Å². The van der Waals surface area contributed by atoms with Crippen molar-refractivity contribution in [2.24, 2.45) is 11.1 Å². The Balaban J connectivity index is 2.07. The maximum absolute atomic E-state index is 5.99. The largest absolute Gasteiger partial charge is 0.381 e. The lowest BCUT2D eigenvalue weighted by molar-refractivity contribution is 0.00170. The third-order valence-electron chi connectivity index (χ3n) is 3.85. The van der Waals surface area contributed by atoms with Crippen LogP contribution >= 0.6 is 0 Å². The van der Waals surface area contributed by atoms with Gasteiger partial charge in [-0.2, -0.15) is 0 Å². The SMILES string of the molecule is Cc1cccc(N(C)CC2(CN)CCCOC2)c1. The smallest absolute Gasteiger partial charge is 0.0551 e. The zero-order valence-electron chi connectivity index (χ0n) is 11.5. The highest BCUT2D eigenvalue weighted by molar-refractivity contribution is 5.47. The van der Waals surface area contributed by atoms with Gasteiger partial charge in [-0.25, -0.2) is 0 Å². The molecule has 2 rings (SSSR count). The van der Waals surface area contributed by atoms with Gasteiger partial charge in [0.1, 0.15) is 0 Å². The zero-order chi connectivity index (χ0) is 13.0. The first kappa shape index (κ1) is 13.4. The quantitative estimate of drug-likeness (QED) is 0.887. The van der Waals surface area contributed by atoms with Gasteiger partial charge in [-0.05, 0) is 37.5 Å². The van der Waals surface area contributed by atoms with Crippen LogP contribution in [0, 0.1) is 12.3 Å². The van der Waals surface area contributed by atoms with Crippen molar-refractivity contribution in [1.82, 2.24) is 0 Å². The summed E-state index contributed by atoms with van der Waals surface area (Å²) in [5.41, 5.74) is 8.66. The molecule has 18 heavy (non-hydrogen) atoms. The number of rotatable bonds is 4. The number of anilines is 1. The molecule has 1 unspecified atom stereocenters. The van der Waals surface area contributed by atoms with Crippen LogP contribution in [0.1, 0.15) is 18.4 Å². The van der Waals surface area contributed by atoms with E-state index >= 15 is 0 Å². The fourth-order valence-electron chi connectivity index (χ4n) is 2.72. The number of hydrogen-bond acceptors (Lipinski definition) is 3. The zero-order valence-corrected chi connectivity index (χ0v) is 11.5. The highest BCUT2D eigenvalue weighted by atomic mass is 16.5. The number of ether oxygens (including phenoxy) is 1. The maximum Gasteiger partial charge on any atom is 0.0551 e. The topological polar surface area (TPSA) is 38.5 Å². The summed E-state index contributed by atoms with van der Waals surface area (Å²) in [7, 11) is 2.14. The van der Waals surface area contributed by atoms with Crippen molar-refractivity contribution in [3.63, 3.8) is 0 Å². The molecule has 1 aliphatic rings. The summed E-state index contributed by atoms with van der Waals surface area (Å²) in [6.45, 7) is 5.46. The Bertz CT molecular complexity index is 386. The second kappa shape index (κ2) is 5.72. The Morgan fingerprint density at radius 3 is 2.89 bits per heavy atom. The second-order valence-corrected chi connectivity index (χ2v) is 5.56. The fourth-order valence-corrected chi connectivity index (χ4v) is 2.72. The van der Waals surface area contributed by atoms with E-state index in [4.69, 9.17) is 10.5 Å². The molecule has 1 atom stereocenters. The van der Waals surface area contributed by atoms with Gasteiger partial charge in [0, 0.05) is 37.8 Å². The maximum atomic E-state index is 5.99. The Morgan fingerprint density at radius 2 is 2.28 bits per heavy atom. The lowest BCUT2D eigenvalue weighted by atomic mass is 9.82. The number of aryl methyl sites for hydroxylation is 1. The van der Waals surface area contributed by atoms with E-state index in [1.165, 1.54) is 17.7 Å². The number of hydrogen-bond donors (Lipinski definition) is 1. The van der Waals surface area contributed by atoms with Gasteiger partial charge in [0.25, 0.3) is 0 Å². The summed E-state index contributed by atoms with van der Waals surface area (Å²) in [5.74, 6) is 0. The Morgan fingerprint density at radius 1 is 1.44 bits per heavy atom. The molecule has 0 saturated carbocycles. The van der Waals surface area contributed by atoms with Crippen LogP contribution in [0.2, 0.25) is 0 Å². The van der Waals surface area contributed by atoms with E-state index in [9.17, 15) is 0 Å². The molecule has 2 N–H and O–H groups in total. The monoisotopic (exact) mass is 248 g/mol. The molecule has 1 saturated heterocycles. The lowest BCUT2D eigenvalue weighted by Gasteiger charge is -2.39. The molecule has 0 aliphatic carbocycles. The Hall–Kier alpha value is -1.06. The summed E-state index contributed by atoms with van der Waals surface area (Å²) < 4.78 is 5.63. The standard InChI is InChI=1S/C15H24N2O/c1-13-5-3-6-14(9-13)17(2)11-15(10-16)7-4-8-18-12-15/h3,5-6,9H,4,7-8,10-12,16H2,1-2H3. The molecule has 0 spiro atoms.